The quantitative estimate of drug-likeness (QED) is 0.814. The minimum Gasteiger partial charge on any atom is -0.475 e. The molecule has 0 aromatic carbocycles. The normalized spacial score (nSPS) is 13.1. The molecule has 1 heterocycles. The first-order valence-electron chi connectivity index (χ1n) is 7.66. The third-order valence-corrected chi connectivity index (χ3v) is 2.95. The molecule has 0 aliphatic rings. The van der Waals surface area contributed by atoms with Crippen LogP contribution in [0.1, 0.15) is 66.6 Å². The van der Waals surface area contributed by atoms with Crippen molar-refractivity contribution in [1.29, 1.82) is 0 Å². The lowest BCUT2D eigenvalue weighted by Crippen LogP contribution is -2.20. The summed E-state index contributed by atoms with van der Waals surface area (Å²) in [6.07, 6.45) is 3.39. The fourth-order valence-corrected chi connectivity index (χ4v) is 1.84. The van der Waals surface area contributed by atoms with E-state index < -0.39 is 0 Å². The van der Waals surface area contributed by atoms with Gasteiger partial charge in [0.25, 0.3) is 0 Å². The fourth-order valence-electron chi connectivity index (χ4n) is 1.84. The number of nitrogens with zero attached hydrogens (tertiary/aromatic N) is 2. The van der Waals surface area contributed by atoms with Gasteiger partial charge >= 0.3 is 0 Å². The van der Waals surface area contributed by atoms with E-state index in [1.807, 2.05) is 6.07 Å². The Morgan fingerprint density at radius 3 is 2.45 bits per heavy atom. The van der Waals surface area contributed by atoms with Gasteiger partial charge in [-0.2, -0.15) is 4.98 Å². The van der Waals surface area contributed by atoms with Crippen LogP contribution in [0.2, 0.25) is 0 Å². The molecule has 0 fully saturated rings. The molecule has 1 aromatic rings. The Kier molecular flexibility index (Phi) is 6.24. The zero-order valence-electron chi connectivity index (χ0n) is 13.8. The number of rotatable bonds is 7. The molecular weight excluding hydrogens is 250 g/mol. The van der Waals surface area contributed by atoms with Crippen molar-refractivity contribution in [1.82, 2.24) is 9.97 Å². The zero-order valence-corrected chi connectivity index (χ0v) is 13.8. The molecule has 0 amide bonds. The number of ether oxygens (including phenoxy) is 1. The van der Waals surface area contributed by atoms with E-state index in [2.05, 4.69) is 56.8 Å². The molecule has 4 nitrogen and oxygen atoms in total. The van der Waals surface area contributed by atoms with Crippen LogP contribution >= 0.6 is 0 Å². The number of hydrogen-bond acceptors (Lipinski definition) is 4. The van der Waals surface area contributed by atoms with Gasteiger partial charge in [0.2, 0.25) is 5.88 Å². The van der Waals surface area contributed by atoms with Gasteiger partial charge in [-0.05, 0) is 19.8 Å². The van der Waals surface area contributed by atoms with Crippen molar-refractivity contribution in [2.45, 2.75) is 72.3 Å². The zero-order chi connectivity index (χ0) is 15.2. The Morgan fingerprint density at radius 1 is 1.20 bits per heavy atom. The molecule has 0 spiro atoms. The van der Waals surface area contributed by atoms with Crippen molar-refractivity contribution < 1.29 is 4.74 Å². The maximum absolute atomic E-state index is 5.92. The Morgan fingerprint density at radius 2 is 1.90 bits per heavy atom. The molecule has 1 aromatic heterocycles. The molecule has 0 bridgehead atoms. The predicted molar refractivity (Wildman–Crippen MR) is 84.5 cm³/mol. The Hall–Kier alpha value is -1.32. The van der Waals surface area contributed by atoms with E-state index in [1.165, 1.54) is 0 Å². The molecule has 0 aliphatic carbocycles. The van der Waals surface area contributed by atoms with Gasteiger partial charge in [-0.3, -0.25) is 0 Å². The third-order valence-electron chi connectivity index (χ3n) is 2.95. The molecule has 1 atom stereocenters. The van der Waals surface area contributed by atoms with E-state index in [9.17, 15) is 0 Å². The summed E-state index contributed by atoms with van der Waals surface area (Å²) in [5.74, 6) is 2.34. The second-order valence-corrected chi connectivity index (χ2v) is 6.31. The van der Waals surface area contributed by atoms with Crippen LogP contribution in [0.5, 0.6) is 5.88 Å². The molecule has 20 heavy (non-hydrogen) atoms. The molecule has 1 unspecified atom stereocenters. The van der Waals surface area contributed by atoms with Crippen LogP contribution in [0.25, 0.3) is 0 Å². The van der Waals surface area contributed by atoms with Crippen LogP contribution in [-0.4, -0.2) is 22.6 Å². The lowest BCUT2D eigenvalue weighted by atomic mass is 9.96. The highest BCUT2D eigenvalue weighted by Crippen LogP contribution is 2.24. The van der Waals surface area contributed by atoms with Gasteiger partial charge in [0.15, 0.2) is 0 Å². The first-order chi connectivity index (χ1) is 9.36. The van der Waals surface area contributed by atoms with Crippen LogP contribution in [0, 0.1) is 0 Å². The minimum atomic E-state index is -0.0873. The molecule has 0 radical (unpaired) electrons. The van der Waals surface area contributed by atoms with Crippen molar-refractivity contribution in [3.63, 3.8) is 0 Å². The fraction of sp³-hybridized carbons (Fsp3) is 0.750. The van der Waals surface area contributed by atoms with Crippen molar-refractivity contribution in [2.24, 2.45) is 0 Å². The Balaban J connectivity index is 2.97. The first kappa shape index (κ1) is 16.7. The molecule has 114 valence electrons. The second-order valence-electron chi connectivity index (χ2n) is 6.31. The van der Waals surface area contributed by atoms with Crippen LogP contribution in [-0.2, 0) is 5.41 Å². The smallest absolute Gasteiger partial charge is 0.219 e. The van der Waals surface area contributed by atoms with E-state index in [0.717, 1.165) is 37.4 Å². The Bertz CT molecular complexity index is 413. The summed E-state index contributed by atoms with van der Waals surface area (Å²) in [6.45, 7) is 13.6. The van der Waals surface area contributed by atoms with Gasteiger partial charge < -0.3 is 10.1 Å². The predicted octanol–water partition coefficient (Wildman–Crippen LogP) is 4.16. The van der Waals surface area contributed by atoms with E-state index >= 15 is 0 Å². The molecule has 1 N–H and O–H groups in total. The SMILES string of the molecule is CCCNc1cc(OC(C)CCC)nc(C(C)(C)C)n1. The average Bonchev–Trinajstić information content (AvgIpc) is 2.35. The Labute approximate surface area is 123 Å². The second kappa shape index (κ2) is 7.46. The van der Waals surface area contributed by atoms with Crippen molar-refractivity contribution >= 4 is 5.82 Å². The monoisotopic (exact) mass is 279 g/mol. The van der Waals surface area contributed by atoms with E-state index in [0.29, 0.717) is 5.88 Å². The first-order valence-corrected chi connectivity index (χ1v) is 7.66. The van der Waals surface area contributed by atoms with Gasteiger partial charge in [0.1, 0.15) is 11.6 Å². The molecule has 4 heteroatoms. The summed E-state index contributed by atoms with van der Waals surface area (Å²) >= 11 is 0. The molecular formula is C16H29N3O. The molecule has 0 saturated heterocycles. The lowest BCUT2D eigenvalue weighted by Gasteiger charge is -2.20. The van der Waals surface area contributed by atoms with Gasteiger partial charge in [-0.25, -0.2) is 4.98 Å². The maximum atomic E-state index is 5.92. The van der Waals surface area contributed by atoms with E-state index in [-0.39, 0.29) is 11.5 Å². The third kappa shape index (κ3) is 5.35. The summed E-state index contributed by atoms with van der Waals surface area (Å²) in [7, 11) is 0. The van der Waals surface area contributed by atoms with Crippen molar-refractivity contribution in [3.8, 4) is 5.88 Å². The number of hydrogen-bond donors (Lipinski definition) is 1. The summed E-state index contributed by atoms with van der Waals surface area (Å²) in [4.78, 5) is 9.15. The van der Waals surface area contributed by atoms with Gasteiger partial charge in [-0.15, -0.1) is 0 Å². The number of aromatic nitrogens is 2. The number of anilines is 1. The van der Waals surface area contributed by atoms with Crippen LogP contribution in [0.15, 0.2) is 6.07 Å². The van der Waals surface area contributed by atoms with Crippen LogP contribution in [0.4, 0.5) is 5.82 Å². The summed E-state index contributed by atoms with van der Waals surface area (Å²) in [5, 5.41) is 3.32. The summed E-state index contributed by atoms with van der Waals surface area (Å²) in [6, 6.07) is 1.90. The molecule has 1 rings (SSSR count). The minimum absolute atomic E-state index is 0.0873. The van der Waals surface area contributed by atoms with Crippen molar-refractivity contribution in [3.05, 3.63) is 11.9 Å². The largest absolute Gasteiger partial charge is 0.475 e. The highest BCUT2D eigenvalue weighted by Gasteiger charge is 2.20. The molecule has 0 aliphatic heterocycles. The van der Waals surface area contributed by atoms with Crippen molar-refractivity contribution in [2.75, 3.05) is 11.9 Å². The van der Waals surface area contributed by atoms with E-state index in [1.54, 1.807) is 0 Å². The van der Waals surface area contributed by atoms with Crippen LogP contribution < -0.4 is 10.1 Å². The lowest BCUT2D eigenvalue weighted by molar-refractivity contribution is 0.200. The van der Waals surface area contributed by atoms with Gasteiger partial charge in [0.05, 0.1) is 6.10 Å². The topological polar surface area (TPSA) is 47.0 Å². The van der Waals surface area contributed by atoms with E-state index in [4.69, 9.17) is 4.74 Å². The average molecular weight is 279 g/mol. The summed E-state index contributed by atoms with van der Waals surface area (Å²) < 4.78 is 5.92. The van der Waals surface area contributed by atoms with Crippen LogP contribution in [0.3, 0.4) is 0 Å². The summed E-state index contributed by atoms with van der Waals surface area (Å²) in [5.41, 5.74) is -0.0873. The van der Waals surface area contributed by atoms with Gasteiger partial charge in [0, 0.05) is 18.0 Å². The highest BCUT2D eigenvalue weighted by molar-refractivity contribution is 5.39. The maximum Gasteiger partial charge on any atom is 0.219 e. The molecule has 0 saturated carbocycles. The standard InChI is InChI=1S/C16H29N3O/c1-7-9-12(3)20-14-11-13(17-10-8-2)18-15(19-14)16(4,5)6/h11-12H,7-10H2,1-6H3,(H,17,18,19). The number of nitrogens with one attached hydrogen (secondary N) is 1. The van der Waals surface area contributed by atoms with Gasteiger partial charge in [-0.1, -0.05) is 41.0 Å². The highest BCUT2D eigenvalue weighted by atomic mass is 16.5.